The summed E-state index contributed by atoms with van der Waals surface area (Å²) in [7, 11) is 3.72. The summed E-state index contributed by atoms with van der Waals surface area (Å²) in [6.07, 6.45) is 0.177. The number of ether oxygens (including phenoxy) is 1. The molecule has 0 bridgehead atoms. The van der Waals surface area contributed by atoms with Crippen LogP contribution in [-0.4, -0.2) is 30.7 Å². The number of rotatable bonds is 7. The van der Waals surface area contributed by atoms with Crippen LogP contribution in [0.25, 0.3) is 0 Å². The van der Waals surface area contributed by atoms with Gasteiger partial charge in [-0.15, -0.1) is 0 Å². The highest BCUT2D eigenvalue weighted by Crippen LogP contribution is 2.28. The average Bonchev–Trinajstić information content (AvgIpc) is 2.53. The molecule has 1 unspecified atom stereocenters. The average molecular weight is 299 g/mol. The van der Waals surface area contributed by atoms with Crippen molar-refractivity contribution < 1.29 is 9.84 Å². The lowest BCUT2D eigenvalue weighted by atomic mass is 10.0. The van der Waals surface area contributed by atoms with Gasteiger partial charge in [0.2, 0.25) is 0 Å². The van der Waals surface area contributed by atoms with Crippen molar-refractivity contribution in [2.45, 2.75) is 26.0 Å². The molecule has 0 amide bonds. The molecule has 0 saturated heterocycles. The van der Waals surface area contributed by atoms with Crippen LogP contribution in [0.4, 0.5) is 0 Å². The molecule has 3 nitrogen and oxygen atoms in total. The lowest BCUT2D eigenvalue weighted by Gasteiger charge is -2.20. The van der Waals surface area contributed by atoms with Gasteiger partial charge in [0.25, 0.3) is 0 Å². The second kappa shape index (κ2) is 7.97. The Kier molecular flexibility index (Phi) is 5.99. The van der Waals surface area contributed by atoms with E-state index in [1.807, 2.05) is 31.2 Å². The summed E-state index contributed by atoms with van der Waals surface area (Å²) >= 11 is 0. The van der Waals surface area contributed by atoms with Gasteiger partial charge >= 0.3 is 0 Å². The Morgan fingerprint density at radius 1 is 1.14 bits per heavy atom. The first kappa shape index (κ1) is 16.5. The lowest BCUT2D eigenvalue weighted by molar-refractivity contribution is 0.144. The van der Waals surface area contributed by atoms with Gasteiger partial charge in [-0.25, -0.2) is 0 Å². The van der Waals surface area contributed by atoms with Crippen LogP contribution in [-0.2, 0) is 6.54 Å². The minimum atomic E-state index is -0.506. The van der Waals surface area contributed by atoms with Gasteiger partial charge in [-0.2, -0.15) is 0 Å². The first-order valence-electron chi connectivity index (χ1n) is 7.65. The van der Waals surface area contributed by atoms with Crippen LogP contribution in [0.2, 0.25) is 0 Å². The third-order valence-corrected chi connectivity index (χ3v) is 3.82. The molecule has 118 valence electrons. The number of methoxy groups -OCH3 is 1. The van der Waals surface area contributed by atoms with Crippen molar-refractivity contribution in [1.29, 1.82) is 0 Å². The van der Waals surface area contributed by atoms with Gasteiger partial charge in [-0.1, -0.05) is 42.0 Å². The molecule has 0 aliphatic rings. The van der Waals surface area contributed by atoms with Crippen molar-refractivity contribution in [2.75, 3.05) is 20.7 Å². The standard InChI is InChI=1S/C19H25NO2/c1-15-9-10-19(22-3)17(13-15)18(21)11-12-20(2)14-16-7-5-4-6-8-16/h4-10,13,18,21H,11-12,14H2,1-3H3. The highest BCUT2D eigenvalue weighted by Gasteiger charge is 2.14. The van der Waals surface area contributed by atoms with Crippen LogP contribution in [0, 0.1) is 6.92 Å². The zero-order chi connectivity index (χ0) is 15.9. The molecule has 1 N–H and O–H groups in total. The van der Waals surface area contributed by atoms with E-state index in [0.717, 1.165) is 30.0 Å². The number of benzene rings is 2. The van der Waals surface area contributed by atoms with Gasteiger partial charge in [-0.05, 0) is 38.1 Å². The Hall–Kier alpha value is -1.84. The van der Waals surface area contributed by atoms with Crippen LogP contribution in [0.1, 0.15) is 29.2 Å². The molecule has 22 heavy (non-hydrogen) atoms. The zero-order valence-electron chi connectivity index (χ0n) is 13.6. The van der Waals surface area contributed by atoms with Gasteiger partial charge in [0, 0.05) is 18.7 Å². The van der Waals surface area contributed by atoms with Crippen LogP contribution in [0.5, 0.6) is 5.75 Å². The number of hydrogen-bond acceptors (Lipinski definition) is 3. The predicted molar refractivity (Wildman–Crippen MR) is 90.1 cm³/mol. The maximum atomic E-state index is 10.5. The molecule has 2 rings (SSSR count). The maximum Gasteiger partial charge on any atom is 0.124 e. The summed E-state index contributed by atoms with van der Waals surface area (Å²) in [5, 5.41) is 10.5. The van der Waals surface area contributed by atoms with Crippen molar-refractivity contribution in [1.82, 2.24) is 4.90 Å². The Bertz CT molecular complexity index is 583. The lowest BCUT2D eigenvalue weighted by Crippen LogP contribution is -2.21. The van der Waals surface area contributed by atoms with Gasteiger partial charge < -0.3 is 14.7 Å². The second-order valence-electron chi connectivity index (χ2n) is 5.77. The molecule has 0 fully saturated rings. The van der Waals surface area contributed by atoms with Crippen LogP contribution >= 0.6 is 0 Å². The predicted octanol–water partition coefficient (Wildman–Crippen LogP) is 3.56. The molecule has 0 spiro atoms. The van der Waals surface area contributed by atoms with E-state index >= 15 is 0 Å². The summed E-state index contributed by atoms with van der Waals surface area (Å²) in [5.41, 5.74) is 3.29. The first-order chi connectivity index (χ1) is 10.6. The topological polar surface area (TPSA) is 32.7 Å². The van der Waals surface area contributed by atoms with Crippen molar-refractivity contribution >= 4 is 0 Å². The van der Waals surface area contributed by atoms with E-state index in [0.29, 0.717) is 6.42 Å². The van der Waals surface area contributed by atoms with Crippen molar-refractivity contribution in [2.24, 2.45) is 0 Å². The Balaban J connectivity index is 1.92. The van der Waals surface area contributed by atoms with Crippen LogP contribution in [0.3, 0.4) is 0 Å². The molecule has 0 heterocycles. The summed E-state index contributed by atoms with van der Waals surface area (Å²) < 4.78 is 5.35. The highest BCUT2D eigenvalue weighted by atomic mass is 16.5. The molecule has 0 aromatic heterocycles. The molecule has 1 atom stereocenters. The Labute approximate surface area is 133 Å². The quantitative estimate of drug-likeness (QED) is 0.848. The molecule has 2 aromatic rings. The van der Waals surface area contributed by atoms with Crippen molar-refractivity contribution in [3.63, 3.8) is 0 Å². The monoisotopic (exact) mass is 299 g/mol. The van der Waals surface area contributed by atoms with Crippen molar-refractivity contribution in [3.8, 4) is 5.75 Å². The third-order valence-electron chi connectivity index (χ3n) is 3.82. The summed E-state index contributed by atoms with van der Waals surface area (Å²) in [6.45, 7) is 3.74. The summed E-state index contributed by atoms with van der Waals surface area (Å²) in [4.78, 5) is 2.22. The smallest absolute Gasteiger partial charge is 0.124 e. The largest absolute Gasteiger partial charge is 0.496 e. The molecule has 0 saturated carbocycles. The highest BCUT2D eigenvalue weighted by molar-refractivity contribution is 5.38. The molecule has 0 aliphatic carbocycles. The van der Waals surface area contributed by atoms with E-state index in [1.165, 1.54) is 5.56 Å². The van der Waals surface area contributed by atoms with Gasteiger partial charge in [-0.3, -0.25) is 0 Å². The third kappa shape index (κ3) is 4.58. The van der Waals surface area contributed by atoms with E-state index in [1.54, 1.807) is 7.11 Å². The van der Waals surface area contributed by atoms with E-state index < -0.39 is 6.10 Å². The molecule has 0 radical (unpaired) electrons. The summed E-state index contributed by atoms with van der Waals surface area (Å²) in [5.74, 6) is 0.754. The van der Waals surface area contributed by atoms with Gasteiger partial charge in [0.15, 0.2) is 0 Å². The molecule has 3 heteroatoms. The van der Waals surface area contributed by atoms with Crippen LogP contribution in [0.15, 0.2) is 48.5 Å². The van der Waals surface area contributed by atoms with E-state index in [9.17, 15) is 5.11 Å². The normalized spacial score (nSPS) is 12.4. The fourth-order valence-corrected chi connectivity index (χ4v) is 2.59. The number of hydrogen-bond donors (Lipinski definition) is 1. The number of aryl methyl sites for hydroxylation is 1. The zero-order valence-corrected chi connectivity index (χ0v) is 13.6. The first-order valence-corrected chi connectivity index (χ1v) is 7.65. The molecule has 0 aliphatic heterocycles. The fraction of sp³-hybridized carbons (Fsp3) is 0.368. The molecular weight excluding hydrogens is 274 g/mol. The summed E-state index contributed by atoms with van der Waals surface area (Å²) in [6, 6.07) is 16.3. The van der Waals surface area contributed by atoms with E-state index in [4.69, 9.17) is 4.74 Å². The fourth-order valence-electron chi connectivity index (χ4n) is 2.59. The Morgan fingerprint density at radius 3 is 2.55 bits per heavy atom. The molecular formula is C19H25NO2. The minimum Gasteiger partial charge on any atom is -0.496 e. The van der Waals surface area contributed by atoms with E-state index in [-0.39, 0.29) is 0 Å². The van der Waals surface area contributed by atoms with E-state index in [2.05, 4.69) is 36.2 Å². The van der Waals surface area contributed by atoms with Crippen LogP contribution < -0.4 is 4.74 Å². The number of aliphatic hydroxyl groups excluding tert-OH is 1. The number of aliphatic hydroxyl groups is 1. The minimum absolute atomic E-state index is 0.506. The Morgan fingerprint density at radius 2 is 1.86 bits per heavy atom. The second-order valence-corrected chi connectivity index (χ2v) is 5.77. The maximum absolute atomic E-state index is 10.5. The van der Waals surface area contributed by atoms with Gasteiger partial charge in [0.1, 0.15) is 5.75 Å². The van der Waals surface area contributed by atoms with Gasteiger partial charge in [0.05, 0.1) is 13.2 Å². The molecule has 2 aromatic carbocycles. The number of nitrogens with zero attached hydrogens (tertiary/aromatic N) is 1. The SMILES string of the molecule is COc1ccc(C)cc1C(O)CCN(C)Cc1ccccc1. The van der Waals surface area contributed by atoms with Crippen molar-refractivity contribution in [3.05, 3.63) is 65.2 Å².